The molecule has 0 saturated carbocycles. The van der Waals surface area contributed by atoms with Crippen molar-refractivity contribution in [2.24, 2.45) is 5.92 Å². The van der Waals surface area contributed by atoms with Crippen LogP contribution < -0.4 is 5.32 Å². The lowest BCUT2D eigenvalue weighted by Crippen LogP contribution is -2.38. The third-order valence-electron chi connectivity index (χ3n) is 3.27. The van der Waals surface area contributed by atoms with Gasteiger partial charge < -0.3 is 15.4 Å². The molecule has 0 aliphatic heterocycles. The molecule has 2 atom stereocenters. The minimum absolute atomic E-state index is 0.0401. The van der Waals surface area contributed by atoms with Gasteiger partial charge in [-0.25, -0.2) is 0 Å². The van der Waals surface area contributed by atoms with E-state index >= 15 is 0 Å². The van der Waals surface area contributed by atoms with Crippen LogP contribution in [-0.2, 0) is 0 Å². The highest BCUT2D eigenvalue weighted by Crippen LogP contribution is 2.14. The van der Waals surface area contributed by atoms with Crippen molar-refractivity contribution < 1.29 is 9.90 Å². The molecule has 2 aromatic rings. The number of hydrogen-bond donors (Lipinski definition) is 3. The Morgan fingerprint density at radius 3 is 2.78 bits per heavy atom. The van der Waals surface area contributed by atoms with Crippen molar-refractivity contribution >= 4 is 16.8 Å². The van der Waals surface area contributed by atoms with Gasteiger partial charge in [-0.2, -0.15) is 0 Å². The van der Waals surface area contributed by atoms with Crippen LogP contribution in [-0.4, -0.2) is 28.6 Å². The number of aromatic nitrogens is 1. The Morgan fingerprint density at radius 2 is 2.11 bits per heavy atom. The summed E-state index contributed by atoms with van der Waals surface area (Å²) in [5.41, 5.74) is 1.50. The van der Waals surface area contributed by atoms with E-state index in [4.69, 9.17) is 5.11 Å². The first-order valence-electron chi connectivity index (χ1n) is 6.11. The van der Waals surface area contributed by atoms with Crippen molar-refractivity contribution in [1.82, 2.24) is 10.3 Å². The zero-order chi connectivity index (χ0) is 13.1. The molecule has 0 saturated heterocycles. The van der Waals surface area contributed by atoms with Gasteiger partial charge in [0.15, 0.2) is 0 Å². The van der Waals surface area contributed by atoms with E-state index < -0.39 is 0 Å². The number of para-hydroxylation sites is 1. The molecule has 4 heteroatoms. The maximum absolute atomic E-state index is 12.0. The average Bonchev–Trinajstić information content (AvgIpc) is 2.81. The van der Waals surface area contributed by atoms with E-state index in [9.17, 15) is 4.79 Å². The molecule has 18 heavy (non-hydrogen) atoms. The van der Waals surface area contributed by atoms with E-state index in [1.807, 2.05) is 44.2 Å². The predicted octanol–water partition coefficient (Wildman–Crippen LogP) is 1.91. The van der Waals surface area contributed by atoms with Crippen LogP contribution in [0, 0.1) is 5.92 Å². The SMILES string of the molecule is CC(CO)C(C)NC(=O)c1cc2ccccc2[nH]1. The van der Waals surface area contributed by atoms with Crippen molar-refractivity contribution in [1.29, 1.82) is 0 Å². The summed E-state index contributed by atoms with van der Waals surface area (Å²) >= 11 is 0. The summed E-state index contributed by atoms with van der Waals surface area (Å²) in [6, 6.07) is 9.54. The Morgan fingerprint density at radius 1 is 1.39 bits per heavy atom. The lowest BCUT2D eigenvalue weighted by molar-refractivity contribution is 0.0912. The van der Waals surface area contributed by atoms with Gasteiger partial charge in [0.05, 0.1) is 0 Å². The number of aromatic amines is 1. The topological polar surface area (TPSA) is 65.1 Å². The van der Waals surface area contributed by atoms with Crippen molar-refractivity contribution in [3.8, 4) is 0 Å². The predicted molar refractivity (Wildman–Crippen MR) is 71.5 cm³/mol. The Bertz CT molecular complexity index is 514. The van der Waals surface area contributed by atoms with Crippen LogP contribution in [0.3, 0.4) is 0 Å². The highest BCUT2D eigenvalue weighted by molar-refractivity contribution is 5.98. The lowest BCUT2D eigenvalue weighted by atomic mass is 10.1. The number of benzene rings is 1. The van der Waals surface area contributed by atoms with Gasteiger partial charge in [0.25, 0.3) is 5.91 Å². The van der Waals surface area contributed by atoms with Crippen LogP contribution in [0.5, 0.6) is 0 Å². The van der Waals surface area contributed by atoms with Crippen LogP contribution in [0.2, 0.25) is 0 Å². The molecule has 2 rings (SSSR count). The standard InChI is InChI=1S/C14H18N2O2/c1-9(8-17)10(2)15-14(18)13-7-11-5-3-4-6-12(11)16-13/h3-7,9-10,16-17H,8H2,1-2H3,(H,15,18). The Kier molecular flexibility index (Phi) is 3.67. The smallest absolute Gasteiger partial charge is 0.267 e. The minimum atomic E-state index is -0.140. The summed E-state index contributed by atoms with van der Waals surface area (Å²) in [4.78, 5) is 15.1. The van der Waals surface area contributed by atoms with E-state index in [1.165, 1.54) is 0 Å². The fourth-order valence-corrected chi connectivity index (χ4v) is 1.78. The number of aliphatic hydroxyl groups excluding tert-OH is 1. The van der Waals surface area contributed by atoms with E-state index in [0.717, 1.165) is 10.9 Å². The summed E-state index contributed by atoms with van der Waals surface area (Å²) in [6.07, 6.45) is 0. The number of carbonyl (C=O) groups excluding carboxylic acids is 1. The fourth-order valence-electron chi connectivity index (χ4n) is 1.78. The maximum atomic E-state index is 12.0. The summed E-state index contributed by atoms with van der Waals surface area (Å²) in [6.45, 7) is 3.85. The Labute approximate surface area is 106 Å². The van der Waals surface area contributed by atoms with Crippen LogP contribution in [0.1, 0.15) is 24.3 Å². The van der Waals surface area contributed by atoms with Crippen molar-refractivity contribution in [2.75, 3.05) is 6.61 Å². The van der Waals surface area contributed by atoms with Gasteiger partial charge in [-0.15, -0.1) is 0 Å². The molecule has 0 fully saturated rings. The molecule has 2 unspecified atom stereocenters. The number of rotatable bonds is 4. The van der Waals surface area contributed by atoms with E-state index in [2.05, 4.69) is 10.3 Å². The highest BCUT2D eigenvalue weighted by Gasteiger charge is 2.16. The number of hydrogen-bond acceptors (Lipinski definition) is 2. The summed E-state index contributed by atoms with van der Waals surface area (Å²) in [7, 11) is 0. The second-order valence-corrected chi connectivity index (χ2v) is 4.69. The fraction of sp³-hybridized carbons (Fsp3) is 0.357. The summed E-state index contributed by atoms with van der Waals surface area (Å²) < 4.78 is 0. The van der Waals surface area contributed by atoms with Crippen molar-refractivity contribution in [3.05, 3.63) is 36.0 Å². The number of H-pyrrole nitrogens is 1. The lowest BCUT2D eigenvalue weighted by Gasteiger charge is -2.18. The normalized spacial score (nSPS) is 14.4. The molecular formula is C14H18N2O2. The minimum Gasteiger partial charge on any atom is -0.396 e. The van der Waals surface area contributed by atoms with Gasteiger partial charge in [-0.05, 0) is 25.0 Å². The summed E-state index contributed by atoms with van der Waals surface area (Å²) in [5, 5.41) is 12.9. The number of fused-ring (bicyclic) bond motifs is 1. The van der Waals surface area contributed by atoms with Crippen LogP contribution in [0.4, 0.5) is 0 Å². The molecule has 96 valence electrons. The van der Waals surface area contributed by atoms with Gasteiger partial charge in [-0.1, -0.05) is 25.1 Å². The van der Waals surface area contributed by atoms with Crippen LogP contribution in [0.25, 0.3) is 10.9 Å². The van der Waals surface area contributed by atoms with Gasteiger partial charge >= 0.3 is 0 Å². The van der Waals surface area contributed by atoms with E-state index in [0.29, 0.717) is 5.69 Å². The Hall–Kier alpha value is -1.81. The molecule has 1 heterocycles. The molecule has 0 radical (unpaired) electrons. The van der Waals surface area contributed by atoms with Crippen LogP contribution in [0.15, 0.2) is 30.3 Å². The Balaban J connectivity index is 2.13. The first-order valence-corrected chi connectivity index (χ1v) is 6.11. The molecule has 0 bridgehead atoms. The van der Waals surface area contributed by atoms with E-state index in [1.54, 1.807) is 0 Å². The van der Waals surface area contributed by atoms with Crippen molar-refractivity contribution in [3.63, 3.8) is 0 Å². The number of aliphatic hydroxyl groups is 1. The summed E-state index contributed by atoms with van der Waals surface area (Å²) in [5.74, 6) is -0.0997. The zero-order valence-electron chi connectivity index (χ0n) is 10.6. The van der Waals surface area contributed by atoms with Gasteiger partial charge in [-0.3, -0.25) is 4.79 Å². The molecular weight excluding hydrogens is 228 g/mol. The molecule has 1 aromatic heterocycles. The zero-order valence-corrected chi connectivity index (χ0v) is 10.6. The largest absolute Gasteiger partial charge is 0.396 e. The van der Waals surface area contributed by atoms with E-state index in [-0.39, 0.29) is 24.5 Å². The molecule has 1 aromatic carbocycles. The second-order valence-electron chi connectivity index (χ2n) is 4.69. The molecule has 0 aliphatic carbocycles. The number of carbonyl (C=O) groups is 1. The highest BCUT2D eigenvalue weighted by atomic mass is 16.3. The quantitative estimate of drug-likeness (QED) is 0.771. The van der Waals surface area contributed by atoms with Crippen molar-refractivity contribution in [2.45, 2.75) is 19.9 Å². The molecule has 0 spiro atoms. The maximum Gasteiger partial charge on any atom is 0.267 e. The third-order valence-corrected chi connectivity index (χ3v) is 3.27. The number of amides is 1. The van der Waals surface area contributed by atoms with Gasteiger partial charge in [0.2, 0.25) is 0 Å². The van der Waals surface area contributed by atoms with Crippen LogP contribution >= 0.6 is 0 Å². The first-order chi connectivity index (χ1) is 8.61. The average molecular weight is 246 g/mol. The molecule has 0 aliphatic rings. The van der Waals surface area contributed by atoms with Gasteiger partial charge in [0, 0.05) is 23.6 Å². The molecule has 1 amide bonds. The number of nitrogens with one attached hydrogen (secondary N) is 2. The second kappa shape index (κ2) is 5.23. The molecule has 3 N–H and O–H groups in total. The monoisotopic (exact) mass is 246 g/mol. The van der Waals surface area contributed by atoms with Gasteiger partial charge in [0.1, 0.15) is 5.69 Å². The first kappa shape index (κ1) is 12.6. The molecule has 4 nitrogen and oxygen atoms in total. The third kappa shape index (κ3) is 2.54.